The molecule has 0 bridgehead atoms. The molecule has 1 saturated heterocycles. The fraction of sp³-hybridized carbons (Fsp3) is 0.688. The molecule has 2 heterocycles. The number of nitrogens with zero attached hydrogens (tertiary/aromatic N) is 4. The third kappa shape index (κ3) is 4.87. The Bertz CT molecular complexity index is 518. The minimum atomic E-state index is -0.549. The molecule has 0 aliphatic carbocycles. The Labute approximate surface area is 137 Å². The monoisotopic (exact) mass is 321 g/mol. The summed E-state index contributed by atoms with van der Waals surface area (Å²) in [5, 5.41) is 13.5. The highest BCUT2D eigenvalue weighted by Gasteiger charge is 2.29. The number of nitrogens with one attached hydrogen (secondary N) is 1. The number of anilines is 1. The van der Waals surface area contributed by atoms with Crippen LogP contribution in [0.2, 0.25) is 0 Å². The second-order valence-corrected chi connectivity index (χ2v) is 6.62. The van der Waals surface area contributed by atoms with Crippen LogP contribution in [0.1, 0.15) is 31.7 Å². The highest BCUT2D eigenvalue weighted by molar-refractivity contribution is 5.77. The van der Waals surface area contributed by atoms with Crippen molar-refractivity contribution in [2.75, 3.05) is 39.0 Å². The summed E-state index contributed by atoms with van der Waals surface area (Å²) in [4.78, 5) is 23.9. The molecule has 1 amide bonds. The van der Waals surface area contributed by atoms with Crippen molar-refractivity contribution < 1.29 is 9.90 Å². The number of aliphatic hydroxyl groups excluding tert-OH is 1. The number of carbonyl (C=O) groups excluding carboxylic acids is 1. The molecule has 1 aromatic heterocycles. The molecule has 0 spiro atoms. The molecule has 1 aromatic rings. The first-order chi connectivity index (χ1) is 10.9. The van der Waals surface area contributed by atoms with E-state index in [1.807, 2.05) is 17.3 Å². The summed E-state index contributed by atoms with van der Waals surface area (Å²) in [7, 11) is 3.48. The van der Waals surface area contributed by atoms with Crippen molar-refractivity contribution >= 4 is 11.9 Å². The molecule has 23 heavy (non-hydrogen) atoms. The molecule has 0 unspecified atom stereocenters. The van der Waals surface area contributed by atoms with Gasteiger partial charge in [0.1, 0.15) is 0 Å². The fourth-order valence-electron chi connectivity index (χ4n) is 2.52. The van der Waals surface area contributed by atoms with Crippen LogP contribution in [-0.2, 0) is 4.79 Å². The van der Waals surface area contributed by atoms with E-state index in [0.29, 0.717) is 25.0 Å². The molecule has 0 aromatic carbocycles. The third-order valence-corrected chi connectivity index (χ3v) is 4.18. The van der Waals surface area contributed by atoms with Crippen molar-refractivity contribution in [3.63, 3.8) is 0 Å². The largest absolute Gasteiger partial charge is 0.390 e. The lowest BCUT2D eigenvalue weighted by atomic mass is 10.0. The molecule has 1 fully saturated rings. The normalized spacial score (nSPS) is 22.2. The standard InChI is InChI=1S/C16H27N5O2/c1-11(2)12-7-17-16(18-8-12)19-13-5-6-21(9-14(13)22)10-15(23)20(3)4/h7-8,11,13-14,22H,5-6,9-10H2,1-4H3,(H,17,18,19)/t13-,14-/m1/s1. The average molecular weight is 321 g/mol. The Kier molecular flexibility index (Phi) is 5.90. The topological polar surface area (TPSA) is 81.6 Å². The van der Waals surface area contributed by atoms with E-state index < -0.39 is 6.10 Å². The van der Waals surface area contributed by atoms with Gasteiger partial charge in [0.15, 0.2) is 0 Å². The molecular weight excluding hydrogens is 294 g/mol. The van der Waals surface area contributed by atoms with Crippen LogP contribution >= 0.6 is 0 Å². The average Bonchev–Trinajstić information content (AvgIpc) is 2.50. The summed E-state index contributed by atoms with van der Waals surface area (Å²) in [6.45, 7) is 5.77. The summed E-state index contributed by atoms with van der Waals surface area (Å²) in [5.41, 5.74) is 1.09. The van der Waals surface area contributed by atoms with Gasteiger partial charge in [-0.3, -0.25) is 9.69 Å². The first kappa shape index (κ1) is 17.6. The number of hydrogen-bond acceptors (Lipinski definition) is 6. The number of amides is 1. The van der Waals surface area contributed by atoms with Crippen LogP contribution in [0.3, 0.4) is 0 Å². The molecular formula is C16H27N5O2. The molecule has 1 aliphatic rings. The number of hydrogen-bond donors (Lipinski definition) is 2. The molecule has 1 aliphatic heterocycles. The Morgan fingerprint density at radius 2 is 2.09 bits per heavy atom. The number of carbonyl (C=O) groups is 1. The highest BCUT2D eigenvalue weighted by Crippen LogP contribution is 2.16. The molecule has 128 valence electrons. The van der Waals surface area contributed by atoms with Gasteiger partial charge in [-0.1, -0.05) is 13.8 Å². The number of rotatable bonds is 5. The van der Waals surface area contributed by atoms with E-state index in [4.69, 9.17) is 0 Å². The zero-order chi connectivity index (χ0) is 17.0. The van der Waals surface area contributed by atoms with Crippen LogP contribution in [0.25, 0.3) is 0 Å². The predicted molar refractivity (Wildman–Crippen MR) is 89.3 cm³/mol. The van der Waals surface area contributed by atoms with Crippen LogP contribution < -0.4 is 5.32 Å². The SMILES string of the molecule is CC(C)c1cnc(N[C@@H]2CCN(CC(=O)N(C)C)C[C@H]2O)nc1. The first-order valence-electron chi connectivity index (χ1n) is 8.06. The van der Waals surface area contributed by atoms with E-state index >= 15 is 0 Å². The van der Waals surface area contributed by atoms with Gasteiger partial charge in [-0.2, -0.15) is 0 Å². The number of aliphatic hydroxyl groups is 1. The van der Waals surface area contributed by atoms with E-state index in [1.54, 1.807) is 19.0 Å². The van der Waals surface area contributed by atoms with Gasteiger partial charge in [-0.25, -0.2) is 9.97 Å². The Morgan fingerprint density at radius 3 is 2.61 bits per heavy atom. The third-order valence-electron chi connectivity index (χ3n) is 4.18. The van der Waals surface area contributed by atoms with Gasteiger partial charge in [-0.15, -0.1) is 0 Å². The maximum atomic E-state index is 11.7. The molecule has 7 nitrogen and oxygen atoms in total. The van der Waals surface area contributed by atoms with Crippen molar-refractivity contribution in [2.24, 2.45) is 0 Å². The van der Waals surface area contributed by atoms with Gasteiger partial charge in [0, 0.05) is 39.6 Å². The minimum Gasteiger partial charge on any atom is -0.390 e. The van der Waals surface area contributed by atoms with Gasteiger partial charge in [0.2, 0.25) is 11.9 Å². The van der Waals surface area contributed by atoms with Crippen molar-refractivity contribution in [2.45, 2.75) is 38.3 Å². The summed E-state index contributed by atoms with van der Waals surface area (Å²) in [6.07, 6.45) is 3.83. The molecule has 7 heteroatoms. The Balaban J connectivity index is 1.87. The number of aromatic nitrogens is 2. The first-order valence-corrected chi connectivity index (χ1v) is 8.06. The van der Waals surface area contributed by atoms with E-state index in [9.17, 15) is 9.90 Å². The second-order valence-electron chi connectivity index (χ2n) is 6.62. The van der Waals surface area contributed by atoms with Gasteiger partial charge < -0.3 is 15.3 Å². The molecule has 2 rings (SSSR count). The van der Waals surface area contributed by atoms with E-state index in [2.05, 4.69) is 29.1 Å². The molecule has 2 atom stereocenters. The molecule has 0 saturated carbocycles. The summed E-state index contributed by atoms with van der Waals surface area (Å²) in [6, 6.07) is -0.0920. The Morgan fingerprint density at radius 1 is 1.43 bits per heavy atom. The lowest BCUT2D eigenvalue weighted by Gasteiger charge is -2.36. The van der Waals surface area contributed by atoms with Crippen molar-refractivity contribution in [1.29, 1.82) is 0 Å². The minimum absolute atomic E-state index is 0.0521. The smallest absolute Gasteiger partial charge is 0.236 e. The quantitative estimate of drug-likeness (QED) is 0.823. The summed E-state index contributed by atoms with van der Waals surface area (Å²) >= 11 is 0. The van der Waals surface area contributed by atoms with E-state index in [1.165, 1.54) is 0 Å². The number of likely N-dealkylation sites (N-methyl/N-ethyl adjacent to an activating group) is 1. The van der Waals surface area contributed by atoms with Crippen LogP contribution in [0.4, 0.5) is 5.95 Å². The number of β-amino-alcohol motifs (C(OH)–C–C–N with tert-alkyl or cyclic N) is 1. The van der Waals surface area contributed by atoms with Crippen LogP contribution in [0, 0.1) is 0 Å². The number of piperidine rings is 1. The van der Waals surface area contributed by atoms with E-state index in [0.717, 1.165) is 18.5 Å². The zero-order valence-electron chi connectivity index (χ0n) is 14.4. The summed E-state index contributed by atoms with van der Waals surface area (Å²) < 4.78 is 0. The lowest BCUT2D eigenvalue weighted by Crippen LogP contribution is -2.52. The van der Waals surface area contributed by atoms with Crippen molar-refractivity contribution in [3.05, 3.63) is 18.0 Å². The zero-order valence-corrected chi connectivity index (χ0v) is 14.4. The maximum Gasteiger partial charge on any atom is 0.236 e. The fourth-order valence-corrected chi connectivity index (χ4v) is 2.52. The molecule has 2 N–H and O–H groups in total. The maximum absolute atomic E-state index is 11.7. The van der Waals surface area contributed by atoms with Gasteiger partial charge in [0.25, 0.3) is 0 Å². The van der Waals surface area contributed by atoms with E-state index in [-0.39, 0.29) is 11.9 Å². The predicted octanol–water partition coefficient (Wildman–Crippen LogP) is 0.535. The van der Waals surface area contributed by atoms with Crippen LogP contribution in [-0.4, -0.2) is 76.7 Å². The van der Waals surface area contributed by atoms with Gasteiger partial charge >= 0.3 is 0 Å². The lowest BCUT2D eigenvalue weighted by molar-refractivity contribution is -0.130. The van der Waals surface area contributed by atoms with Crippen molar-refractivity contribution in [3.8, 4) is 0 Å². The Hall–Kier alpha value is -1.73. The second kappa shape index (κ2) is 7.70. The van der Waals surface area contributed by atoms with Crippen molar-refractivity contribution in [1.82, 2.24) is 19.8 Å². The van der Waals surface area contributed by atoms with Crippen LogP contribution in [0.5, 0.6) is 0 Å². The molecule has 0 radical (unpaired) electrons. The number of likely N-dealkylation sites (tertiary alicyclic amines) is 1. The van der Waals surface area contributed by atoms with Gasteiger partial charge in [-0.05, 0) is 17.9 Å². The highest BCUT2D eigenvalue weighted by atomic mass is 16.3. The van der Waals surface area contributed by atoms with Gasteiger partial charge in [0.05, 0.1) is 18.7 Å². The van der Waals surface area contributed by atoms with Crippen LogP contribution in [0.15, 0.2) is 12.4 Å². The summed E-state index contributed by atoms with van der Waals surface area (Å²) in [5.74, 6) is 0.986.